The topological polar surface area (TPSA) is 41.6 Å². The van der Waals surface area contributed by atoms with Crippen molar-refractivity contribution in [2.24, 2.45) is 5.92 Å². The highest BCUT2D eigenvalue weighted by Crippen LogP contribution is 2.32. The van der Waals surface area contributed by atoms with Crippen LogP contribution in [0.2, 0.25) is 0 Å². The molecule has 1 aliphatic heterocycles. The highest BCUT2D eigenvalue weighted by Gasteiger charge is 2.32. The van der Waals surface area contributed by atoms with Crippen LogP contribution in [0.3, 0.4) is 0 Å². The van der Waals surface area contributed by atoms with E-state index in [1.54, 1.807) is 19.2 Å². The van der Waals surface area contributed by atoms with Crippen molar-refractivity contribution in [1.29, 1.82) is 0 Å². The second kappa shape index (κ2) is 11.4. The van der Waals surface area contributed by atoms with Crippen molar-refractivity contribution in [3.63, 3.8) is 0 Å². The van der Waals surface area contributed by atoms with Crippen LogP contribution in [0.15, 0.2) is 66.7 Å². The average Bonchev–Trinajstić information content (AvgIpc) is 2.86. The van der Waals surface area contributed by atoms with Crippen LogP contribution in [0, 0.1) is 23.4 Å². The fraction of sp³-hybridized carbons (Fsp3) is 0.321. The van der Waals surface area contributed by atoms with E-state index in [-0.39, 0.29) is 30.1 Å². The van der Waals surface area contributed by atoms with E-state index in [9.17, 15) is 18.0 Å². The van der Waals surface area contributed by atoms with Crippen molar-refractivity contribution < 1.29 is 22.7 Å². The van der Waals surface area contributed by atoms with E-state index in [1.165, 1.54) is 24.3 Å². The van der Waals surface area contributed by atoms with Gasteiger partial charge in [-0.25, -0.2) is 13.2 Å². The first-order valence-corrected chi connectivity index (χ1v) is 11.7. The molecule has 1 heterocycles. The van der Waals surface area contributed by atoms with Crippen LogP contribution < -0.4 is 10.1 Å². The number of amides is 1. The highest BCUT2D eigenvalue weighted by molar-refractivity contribution is 5.79. The van der Waals surface area contributed by atoms with Gasteiger partial charge in [0, 0.05) is 37.8 Å². The normalized spacial score (nSPS) is 18.3. The molecule has 0 radical (unpaired) electrons. The minimum atomic E-state index is -0.624. The second-order valence-corrected chi connectivity index (χ2v) is 8.96. The Balaban J connectivity index is 1.46. The third-order valence-electron chi connectivity index (χ3n) is 6.53. The molecule has 3 aromatic carbocycles. The van der Waals surface area contributed by atoms with Crippen molar-refractivity contribution in [1.82, 2.24) is 10.2 Å². The van der Waals surface area contributed by atoms with E-state index in [4.69, 9.17) is 4.74 Å². The van der Waals surface area contributed by atoms with Gasteiger partial charge in [-0.05, 0) is 54.2 Å². The van der Waals surface area contributed by atoms with Gasteiger partial charge in [0.25, 0.3) is 0 Å². The minimum absolute atomic E-state index is 0.0159. The zero-order valence-corrected chi connectivity index (χ0v) is 19.6. The first kappa shape index (κ1) is 24.8. The Kier molecular flexibility index (Phi) is 8.08. The molecule has 1 fully saturated rings. The summed E-state index contributed by atoms with van der Waals surface area (Å²) in [5, 5.41) is 3.03. The molecule has 0 aliphatic carbocycles. The highest BCUT2D eigenvalue weighted by atomic mass is 19.1. The number of carbonyl (C=O) groups is 1. The third kappa shape index (κ3) is 6.42. The largest absolute Gasteiger partial charge is 0.496 e. The zero-order chi connectivity index (χ0) is 24.8. The summed E-state index contributed by atoms with van der Waals surface area (Å²) in [7, 11) is 1.62. The molecular weight excluding hydrogens is 453 g/mol. The molecule has 0 spiro atoms. The van der Waals surface area contributed by atoms with E-state index in [1.807, 2.05) is 29.2 Å². The van der Waals surface area contributed by atoms with Crippen molar-refractivity contribution >= 4 is 5.91 Å². The quantitative estimate of drug-likeness (QED) is 0.487. The zero-order valence-electron chi connectivity index (χ0n) is 19.6. The van der Waals surface area contributed by atoms with Gasteiger partial charge in [-0.2, -0.15) is 0 Å². The molecule has 1 amide bonds. The number of methoxy groups -OCH3 is 1. The summed E-state index contributed by atoms with van der Waals surface area (Å²) in [6, 6.07) is 17.5. The molecule has 1 aliphatic rings. The standard InChI is InChI=1S/C28H29F3N2O2/c1-35-27-5-3-2-4-20(27)12-13-32-28(34)23-14-22(19-6-9-24(29)10-7-19)17-33(18-23)16-21-8-11-25(30)15-26(21)31/h2-11,15,22-23H,12-14,16-18H2,1H3,(H,32,34)/t22-,23+/m0/s1. The lowest BCUT2D eigenvalue weighted by Crippen LogP contribution is -2.45. The summed E-state index contributed by atoms with van der Waals surface area (Å²) in [6.07, 6.45) is 1.24. The second-order valence-electron chi connectivity index (χ2n) is 8.96. The Morgan fingerprint density at radius 3 is 2.46 bits per heavy atom. The van der Waals surface area contributed by atoms with Gasteiger partial charge in [0.1, 0.15) is 23.2 Å². The lowest BCUT2D eigenvalue weighted by Gasteiger charge is -2.37. The molecule has 0 saturated carbocycles. The number of benzene rings is 3. The van der Waals surface area contributed by atoms with Crippen LogP contribution >= 0.6 is 0 Å². The van der Waals surface area contributed by atoms with Gasteiger partial charge >= 0.3 is 0 Å². The first-order chi connectivity index (χ1) is 16.9. The Hall–Kier alpha value is -3.32. The van der Waals surface area contributed by atoms with E-state index >= 15 is 0 Å². The number of ether oxygens (including phenoxy) is 1. The molecule has 1 N–H and O–H groups in total. The Labute approximate surface area is 203 Å². The minimum Gasteiger partial charge on any atom is -0.496 e. The van der Waals surface area contributed by atoms with Gasteiger partial charge < -0.3 is 10.1 Å². The van der Waals surface area contributed by atoms with Crippen LogP contribution in [0.25, 0.3) is 0 Å². The smallest absolute Gasteiger partial charge is 0.224 e. The maximum absolute atomic E-state index is 14.3. The summed E-state index contributed by atoms with van der Waals surface area (Å²) < 4.78 is 46.5. The number of halogens is 3. The van der Waals surface area contributed by atoms with Gasteiger partial charge in [0.2, 0.25) is 5.91 Å². The summed E-state index contributed by atoms with van der Waals surface area (Å²) in [4.78, 5) is 15.1. The number of likely N-dealkylation sites (tertiary alicyclic amines) is 1. The lowest BCUT2D eigenvalue weighted by atomic mass is 9.83. The Bertz CT molecular complexity index is 1150. The van der Waals surface area contributed by atoms with Gasteiger partial charge in [0.05, 0.1) is 13.0 Å². The monoisotopic (exact) mass is 482 g/mol. The van der Waals surface area contributed by atoms with Crippen LogP contribution in [0.4, 0.5) is 13.2 Å². The van der Waals surface area contributed by atoms with E-state index in [2.05, 4.69) is 5.32 Å². The summed E-state index contributed by atoms with van der Waals surface area (Å²) >= 11 is 0. The number of hydrogen-bond acceptors (Lipinski definition) is 3. The van der Waals surface area contributed by atoms with Gasteiger partial charge in [-0.15, -0.1) is 0 Å². The first-order valence-electron chi connectivity index (χ1n) is 11.7. The van der Waals surface area contributed by atoms with E-state index in [0.717, 1.165) is 22.9 Å². The maximum Gasteiger partial charge on any atom is 0.224 e. The number of hydrogen-bond donors (Lipinski definition) is 1. The molecule has 0 unspecified atom stereocenters. The fourth-order valence-corrected chi connectivity index (χ4v) is 4.75. The fourth-order valence-electron chi connectivity index (χ4n) is 4.75. The van der Waals surface area contributed by atoms with E-state index in [0.29, 0.717) is 38.0 Å². The average molecular weight is 483 g/mol. The predicted molar refractivity (Wildman–Crippen MR) is 129 cm³/mol. The van der Waals surface area contributed by atoms with Gasteiger partial charge in [0.15, 0.2) is 0 Å². The molecule has 0 bridgehead atoms. The van der Waals surface area contributed by atoms with Crippen LogP contribution in [-0.2, 0) is 17.8 Å². The van der Waals surface area contributed by atoms with Crippen LogP contribution in [0.1, 0.15) is 29.0 Å². The number of nitrogens with zero attached hydrogens (tertiary/aromatic N) is 1. The molecule has 0 aromatic heterocycles. The number of rotatable bonds is 8. The molecule has 4 nitrogen and oxygen atoms in total. The number of para-hydroxylation sites is 1. The molecule has 184 valence electrons. The van der Waals surface area contributed by atoms with Crippen LogP contribution in [-0.4, -0.2) is 37.6 Å². The number of nitrogens with one attached hydrogen (secondary N) is 1. The molecule has 7 heteroatoms. The SMILES string of the molecule is COc1ccccc1CCNC(=O)[C@@H]1C[C@H](c2ccc(F)cc2)CN(Cc2ccc(F)cc2F)C1. The Morgan fingerprint density at radius 2 is 1.71 bits per heavy atom. The van der Waals surface area contributed by atoms with Crippen LogP contribution in [0.5, 0.6) is 5.75 Å². The summed E-state index contributed by atoms with van der Waals surface area (Å²) in [5.74, 6) is -1.18. The molecule has 1 saturated heterocycles. The number of carbonyl (C=O) groups excluding carboxylic acids is 1. The predicted octanol–water partition coefficient (Wildman–Crippen LogP) is 5.08. The maximum atomic E-state index is 14.3. The molecule has 4 rings (SSSR count). The molecular formula is C28H29F3N2O2. The van der Waals surface area contributed by atoms with Crippen molar-refractivity contribution in [3.8, 4) is 5.75 Å². The Morgan fingerprint density at radius 1 is 0.971 bits per heavy atom. The molecule has 2 atom stereocenters. The molecule has 3 aromatic rings. The summed E-state index contributed by atoms with van der Waals surface area (Å²) in [6.45, 7) is 1.76. The van der Waals surface area contributed by atoms with Crippen molar-refractivity contribution in [3.05, 3.63) is 101 Å². The van der Waals surface area contributed by atoms with Crippen molar-refractivity contribution in [2.75, 3.05) is 26.7 Å². The molecule has 35 heavy (non-hydrogen) atoms. The summed E-state index contributed by atoms with van der Waals surface area (Å²) in [5.41, 5.74) is 2.32. The third-order valence-corrected chi connectivity index (χ3v) is 6.53. The lowest BCUT2D eigenvalue weighted by molar-refractivity contribution is -0.127. The van der Waals surface area contributed by atoms with Gasteiger partial charge in [-0.1, -0.05) is 36.4 Å². The van der Waals surface area contributed by atoms with E-state index < -0.39 is 11.6 Å². The number of piperidine rings is 1. The van der Waals surface area contributed by atoms with Gasteiger partial charge in [-0.3, -0.25) is 9.69 Å². The van der Waals surface area contributed by atoms with Crippen molar-refractivity contribution in [2.45, 2.75) is 25.3 Å².